The van der Waals surface area contributed by atoms with Crippen LogP contribution in [0, 0.1) is 17.3 Å². The first-order valence-corrected chi connectivity index (χ1v) is 11.0. The van der Waals surface area contributed by atoms with Crippen molar-refractivity contribution in [1.82, 2.24) is 0 Å². The van der Waals surface area contributed by atoms with Crippen molar-refractivity contribution >= 4 is 11.8 Å². The van der Waals surface area contributed by atoms with E-state index in [4.69, 9.17) is 9.47 Å². The number of carbonyl (C=O) groups is 2. The molecule has 5 nitrogen and oxygen atoms in total. The Hall–Kier alpha value is -1.88. The van der Waals surface area contributed by atoms with Crippen molar-refractivity contribution in [3.8, 4) is 5.75 Å². The molecule has 0 amide bonds. The van der Waals surface area contributed by atoms with Gasteiger partial charge in [0, 0.05) is 20.0 Å². The van der Waals surface area contributed by atoms with Crippen LogP contribution in [0.2, 0.25) is 0 Å². The number of hydrogen-bond donors (Lipinski definition) is 1. The van der Waals surface area contributed by atoms with Crippen LogP contribution in [0.15, 0.2) is 24.3 Å². The lowest BCUT2D eigenvalue weighted by molar-refractivity contribution is -0.148. The number of aliphatic carboxylic acids is 1. The summed E-state index contributed by atoms with van der Waals surface area (Å²) in [5.41, 5.74) is 0.211. The highest BCUT2D eigenvalue weighted by Crippen LogP contribution is 2.41. The SMILES string of the molecule is CO[C@@H](Cc1cccc(OC(C)(C)C(=O)CC2CCC(C(C)(C)C)CC2)c1)C(=O)O. The van der Waals surface area contributed by atoms with Gasteiger partial charge in [0.1, 0.15) is 5.75 Å². The molecule has 0 aromatic heterocycles. The summed E-state index contributed by atoms with van der Waals surface area (Å²) >= 11 is 0. The fraction of sp³-hybridized carbons (Fsp3) is 0.680. The van der Waals surface area contributed by atoms with Crippen LogP contribution in [-0.4, -0.2) is 35.7 Å². The summed E-state index contributed by atoms with van der Waals surface area (Å²) in [5, 5.41) is 9.18. The molecule has 1 aromatic carbocycles. The zero-order valence-electron chi connectivity index (χ0n) is 19.4. The van der Waals surface area contributed by atoms with Gasteiger partial charge in [-0.1, -0.05) is 32.9 Å². The smallest absolute Gasteiger partial charge is 0.333 e. The van der Waals surface area contributed by atoms with E-state index in [1.54, 1.807) is 12.1 Å². The van der Waals surface area contributed by atoms with Gasteiger partial charge in [-0.2, -0.15) is 0 Å². The van der Waals surface area contributed by atoms with Gasteiger partial charge in [0.25, 0.3) is 0 Å². The predicted octanol–water partition coefficient (Wildman–Crippen LogP) is 5.30. The van der Waals surface area contributed by atoms with Gasteiger partial charge in [0.15, 0.2) is 17.5 Å². The lowest BCUT2D eigenvalue weighted by atomic mass is 9.69. The second-order valence-corrected chi connectivity index (χ2v) is 10.2. The van der Waals surface area contributed by atoms with E-state index in [-0.39, 0.29) is 12.2 Å². The van der Waals surface area contributed by atoms with E-state index in [9.17, 15) is 14.7 Å². The van der Waals surface area contributed by atoms with Crippen LogP contribution in [0.4, 0.5) is 0 Å². The molecule has 1 aromatic rings. The van der Waals surface area contributed by atoms with E-state index < -0.39 is 17.7 Å². The Morgan fingerprint density at radius 3 is 2.27 bits per heavy atom. The van der Waals surface area contributed by atoms with Crippen LogP contribution in [0.1, 0.15) is 72.3 Å². The molecule has 168 valence electrons. The van der Waals surface area contributed by atoms with Gasteiger partial charge < -0.3 is 14.6 Å². The Kier molecular flexibility index (Phi) is 8.09. The predicted molar refractivity (Wildman–Crippen MR) is 118 cm³/mol. The van der Waals surface area contributed by atoms with Gasteiger partial charge in [-0.3, -0.25) is 4.79 Å². The van der Waals surface area contributed by atoms with E-state index >= 15 is 0 Å². The largest absolute Gasteiger partial charge is 0.480 e. The number of methoxy groups -OCH3 is 1. The summed E-state index contributed by atoms with van der Waals surface area (Å²) in [6.45, 7) is 10.6. The van der Waals surface area contributed by atoms with Crippen LogP contribution in [0.25, 0.3) is 0 Å². The summed E-state index contributed by atoms with van der Waals surface area (Å²) in [4.78, 5) is 24.2. The number of hydrogen-bond acceptors (Lipinski definition) is 4. The fourth-order valence-electron chi connectivity index (χ4n) is 4.31. The number of rotatable bonds is 9. The standard InChI is InChI=1S/C25H38O5/c1-24(2,3)19-12-10-17(11-13-19)16-22(26)25(4,5)30-20-9-7-8-18(14-20)15-21(29-6)23(27)28/h7-9,14,17,19,21H,10-13,15-16H2,1-6H3,(H,27,28)/t17?,19?,21-/m0/s1. The summed E-state index contributed by atoms with van der Waals surface area (Å²) in [6.07, 6.45) is 4.48. The Bertz CT molecular complexity index is 723. The molecule has 0 unspecified atom stereocenters. The highest BCUT2D eigenvalue weighted by atomic mass is 16.5. The van der Waals surface area contributed by atoms with E-state index in [1.807, 2.05) is 26.0 Å². The number of benzene rings is 1. The number of Topliss-reactive ketones (excluding diaryl/α,β-unsaturated/α-hetero) is 1. The summed E-state index contributed by atoms with van der Waals surface area (Å²) in [6, 6.07) is 7.24. The lowest BCUT2D eigenvalue weighted by Gasteiger charge is -2.37. The third-order valence-electron chi connectivity index (χ3n) is 6.47. The summed E-state index contributed by atoms with van der Waals surface area (Å²) < 4.78 is 11.1. The van der Waals surface area contributed by atoms with Gasteiger partial charge in [-0.15, -0.1) is 0 Å². The Balaban J connectivity index is 1.95. The molecule has 0 spiro atoms. The van der Waals surface area contributed by atoms with Crippen molar-refractivity contribution < 1.29 is 24.2 Å². The van der Waals surface area contributed by atoms with Crippen LogP contribution < -0.4 is 4.74 Å². The molecule has 5 heteroatoms. The van der Waals surface area contributed by atoms with Gasteiger partial charge in [-0.05, 0) is 74.5 Å². The second kappa shape index (κ2) is 9.95. The molecule has 1 aliphatic rings. The highest BCUT2D eigenvalue weighted by molar-refractivity contribution is 5.87. The van der Waals surface area contributed by atoms with Crippen molar-refractivity contribution in [2.24, 2.45) is 17.3 Å². The first kappa shape index (κ1) is 24.4. The van der Waals surface area contributed by atoms with Crippen molar-refractivity contribution in [3.05, 3.63) is 29.8 Å². The minimum absolute atomic E-state index is 0.118. The normalized spacial score (nSPS) is 21.1. The van der Waals surface area contributed by atoms with Gasteiger partial charge in [0.2, 0.25) is 0 Å². The van der Waals surface area contributed by atoms with Crippen LogP contribution >= 0.6 is 0 Å². The van der Waals surface area contributed by atoms with E-state index in [0.29, 0.717) is 23.5 Å². The molecule has 1 atom stereocenters. The molecule has 30 heavy (non-hydrogen) atoms. The number of ether oxygens (including phenoxy) is 2. The molecule has 0 heterocycles. The van der Waals surface area contributed by atoms with Crippen molar-refractivity contribution in [2.75, 3.05) is 7.11 Å². The average molecular weight is 419 g/mol. The second-order valence-electron chi connectivity index (χ2n) is 10.2. The van der Waals surface area contributed by atoms with E-state index in [1.165, 1.54) is 20.0 Å². The Morgan fingerprint density at radius 1 is 1.10 bits per heavy atom. The highest BCUT2D eigenvalue weighted by Gasteiger charge is 2.35. The molecule has 0 bridgehead atoms. The quantitative estimate of drug-likeness (QED) is 0.589. The minimum Gasteiger partial charge on any atom is -0.480 e. The average Bonchev–Trinajstić information content (AvgIpc) is 2.65. The maximum Gasteiger partial charge on any atom is 0.333 e. The number of carboxylic acids is 1. The maximum absolute atomic E-state index is 13.0. The molecule has 1 fully saturated rings. The topological polar surface area (TPSA) is 72.8 Å². The molecule has 1 saturated carbocycles. The number of ketones is 1. The zero-order valence-corrected chi connectivity index (χ0v) is 19.4. The molecule has 2 rings (SSSR count). The molecule has 1 N–H and O–H groups in total. The molecule has 0 radical (unpaired) electrons. The monoisotopic (exact) mass is 418 g/mol. The van der Waals surface area contributed by atoms with Crippen molar-refractivity contribution in [2.45, 2.75) is 84.8 Å². The van der Waals surface area contributed by atoms with E-state index in [2.05, 4.69) is 20.8 Å². The zero-order chi connectivity index (χ0) is 22.5. The van der Waals surface area contributed by atoms with E-state index in [0.717, 1.165) is 24.3 Å². The van der Waals surface area contributed by atoms with Crippen molar-refractivity contribution in [3.63, 3.8) is 0 Å². The maximum atomic E-state index is 13.0. The van der Waals surface area contributed by atoms with Crippen LogP contribution in [0.3, 0.4) is 0 Å². The molecular formula is C25H38O5. The Labute approximate surface area is 181 Å². The molecule has 1 aliphatic carbocycles. The van der Waals surface area contributed by atoms with Crippen LogP contribution in [-0.2, 0) is 20.7 Å². The number of carboxylic acid groups (broad SMARTS) is 1. The number of carbonyl (C=O) groups excluding carboxylic acids is 1. The fourth-order valence-corrected chi connectivity index (χ4v) is 4.31. The summed E-state index contributed by atoms with van der Waals surface area (Å²) in [7, 11) is 1.38. The van der Waals surface area contributed by atoms with Crippen molar-refractivity contribution in [1.29, 1.82) is 0 Å². The molecule has 0 saturated heterocycles. The molecule has 0 aliphatic heterocycles. The third-order valence-corrected chi connectivity index (χ3v) is 6.47. The Morgan fingerprint density at radius 2 is 1.73 bits per heavy atom. The molecular weight excluding hydrogens is 380 g/mol. The van der Waals surface area contributed by atoms with Gasteiger partial charge >= 0.3 is 5.97 Å². The van der Waals surface area contributed by atoms with Gasteiger partial charge in [-0.25, -0.2) is 4.79 Å². The van der Waals surface area contributed by atoms with Gasteiger partial charge in [0.05, 0.1) is 0 Å². The van der Waals surface area contributed by atoms with Crippen LogP contribution in [0.5, 0.6) is 5.75 Å². The first-order valence-electron chi connectivity index (χ1n) is 11.0. The summed E-state index contributed by atoms with van der Waals surface area (Å²) in [5.74, 6) is 0.858. The first-order chi connectivity index (χ1) is 13.9. The third kappa shape index (κ3) is 6.83. The lowest BCUT2D eigenvalue weighted by Crippen LogP contribution is -2.40. The minimum atomic E-state index is -1.000.